The Bertz CT molecular complexity index is 735. The molecule has 0 saturated carbocycles. The fraction of sp³-hybridized carbons (Fsp3) is 0.458. The van der Waals surface area contributed by atoms with E-state index in [1.807, 2.05) is 11.0 Å². The van der Waals surface area contributed by atoms with Crippen molar-refractivity contribution in [1.82, 2.24) is 10.2 Å². The Hall–Kier alpha value is -2.69. The normalized spacial score (nSPS) is 14.0. The van der Waals surface area contributed by atoms with E-state index in [2.05, 4.69) is 77.5 Å². The first-order chi connectivity index (χ1) is 14.2. The van der Waals surface area contributed by atoms with Crippen LogP contribution in [0.25, 0.3) is 0 Å². The van der Waals surface area contributed by atoms with Crippen molar-refractivity contribution in [3.8, 4) is 0 Å². The van der Waals surface area contributed by atoms with Gasteiger partial charge in [0.2, 0.25) is 0 Å². The molecule has 2 aromatic rings. The summed E-state index contributed by atoms with van der Waals surface area (Å²) in [7, 11) is 0. The summed E-state index contributed by atoms with van der Waals surface area (Å²) in [6.45, 7) is 10.4. The summed E-state index contributed by atoms with van der Waals surface area (Å²) in [5.74, 6) is 0. The summed E-state index contributed by atoms with van der Waals surface area (Å²) in [4.78, 5) is 19.1. The standard InChI is InChI=1S/C24H34N4O/c1-3-26(4-2)22-12-14-23(15-13-22)27-17-19-28(20-18-27)24(29)25-16-8-11-21-9-6-5-7-10-21/h5-7,9-10,12-15H,3-4,8,11,16-20H2,1-2H3,(H,25,29). The number of nitrogens with zero attached hydrogens (tertiary/aromatic N) is 3. The first kappa shape index (κ1) is 21.0. The molecule has 0 aromatic heterocycles. The first-order valence-corrected chi connectivity index (χ1v) is 10.9. The predicted octanol–water partition coefficient (Wildman–Crippen LogP) is 4.00. The topological polar surface area (TPSA) is 38.8 Å². The van der Waals surface area contributed by atoms with E-state index in [4.69, 9.17) is 0 Å². The molecule has 0 atom stereocenters. The van der Waals surface area contributed by atoms with Crippen molar-refractivity contribution in [3.05, 3.63) is 60.2 Å². The van der Waals surface area contributed by atoms with Crippen molar-refractivity contribution in [3.63, 3.8) is 0 Å². The molecule has 1 aliphatic rings. The minimum absolute atomic E-state index is 0.0644. The van der Waals surface area contributed by atoms with Crippen LogP contribution in [0.15, 0.2) is 54.6 Å². The van der Waals surface area contributed by atoms with Crippen molar-refractivity contribution >= 4 is 17.4 Å². The molecule has 1 heterocycles. The van der Waals surface area contributed by atoms with Crippen LogP contribution in [0.3, 0.4) is 0 Å². The summed E-state index contributed by atoms with van der Waals surface area (Å²) in [6, 6.07) is 19.3. The zero-order valence-electron chi connectivity index (χ0n) is 17.8. The summed E-state index contributed by atoms with van der Waals surface area (Å²) in [5, 5.41) is 3.07. The highest BCUT2D eigenvalue weighted by molar-refractivity contribution is 5.74. The van der Waals surface area contributed by atoms with Gasteiger partial charge in [0, 0.05) is 57.2 Å². The quantitative estimate of drug-likeness (QED) is 0.688. The third kappa shape index (κ3) is 5.89. The molecule has 0 unspecified atom stereocenters. The van der Waals surface area contributed by atoms with Gasteiger partial charge in [-0.25, -0.2) is 4.79 Å². The van der Waals surface area contributed by atoms with Crippen molar-refractivity contribution in [2.75, 3.05) is 55.6 Å². The molecule has 5 nitrogen and oxygen atoms in total. The van der Waals surface area contributed by atoms with E-state index in [-0.39, 0.29) is 6.03 Å². The maximum absolute atomic E-state index is 12.4. The molecule has 5 heteroatoms. The highest BCUT2D eigenvalue weighted by Gasteiger charge is 2.21. The van der Waals surface area contributed by atoms with Crippen LogP contribution < -0.4 is 15.1 Å². The third-order valence-corrected chi connectivity index (χ3v) is 5.67. The number of benzene rings is 2. The number of nitrogens with one attached hydrogen (secondary N) is 1. The molecular weight excluding hydrogens is 360 g/mol. The Morgan fingerprint density at radius 1 is 0.931 bits per heavy atom. The van der Waals surface area contributed by atoms with Crippen LogP contribution in [0.5, 0.6) is 0 Å². The zero-order valence-corrected chi connectivity index (χ0v) is 17.8. The third-order valence-electron chi connectivity index (χ3n) is 5.67. The number of aryl methyl sites for hydroxylation is 1. The second-order valence-electron chi connectivity index (χ2n) is 7.48. The average Bonchev–Trinajstić information content (AvgIpc) is 2.79. The van der Waals surface area contributed by atoms with Crippen LogP contribution >= 0.6 is 0 Å². The molecule has 0 radical (unpaired) electrons. The van der Waals surface area contributed by atoms with Crippen LogP contribution in [0, 0.1) is 0 Å². The Morgan fingerprint density at radius 3 is 2.21 bits per heavy atom. The van der Waals surface area contributed by atoms with E-state index >= 15 is 0 Å². The second-order valence-corrected chi connectivity index (χ2v) is 7.48. The van der Waals surface area contributed by atoms with Gasteiger partial charge in [-0.15, -0.1) is 0 Å². The van der Waals surface area contributed by atoms with Gasteiger partial charge >= 0.3 is 6.03 Å². The van der Waals surface area contributed by atoms with E-state index < -0.39 is 0 Å². The fourth-order valence-corrected chi connectivity index (χ4v) is 3.88. The first-order valence-electron chi connectivity index (χ1n) is 10.9. The molecule has 1 saturated heterocycles. The number of amides is 2. The van der Waals surface area contributed by atoms with Gasteiger partial charge in [0.05, 0.1) is 0 Å². The Balaban J connectivity index is 1.39. The highest BCUT2D eigenvalue weighted by Crippen LogP contribution is 2.22. The van der Waals surface area contributed by atoms with E-state index in [1.165, 1.54) is 16.9 Å². The Kier molecular flexibility index (Phi) is 7.79. The molecule has 3 rings (SSSR count). The minimum Gasteiger partial charge on any atom is -0.372 e. The van der Waals surface area contributed by atoms with Gasteiger partial charge in [0.25, 0.3) is 0 Å². The number of piperazine rings is 1. The molecule has 0 aliphatic carbocycles. The van der Waals surface area contributed by atoms with Gasteiger partial charge in [-0.3, -0.25) is 0 Å². The minimum atomic E-state index is 0.0644. The lowest BCUT2D eigenvalue weighted by Gasteiger charge is -2.36. The van der Waals surface area contributed by atoms with Crippen molar-refractivity contribution < 1.29 is 4.79 Å². The van der Waals surface area contributed by atoms with Gasteiger partial charge < -0.3 is 20.0 Å². The number of rotatable bonds is 8. The number of carbonyl (C=O) groups is 1. The number of hydrogen-bond donors (Lipinski definition) is 1. The van der Waals surface area contributed by atoms with Gasteiger partial charge in [0.1, 0.15) is 0 Å². The van der Waals surface area contributed by atoms with Crippen LogP contribution in [-0.2, 0) is 6.42 Å². The molecule has 0 bridgehead atoms. The van der Waals surface area contributed by atoms with E-state index in [0.717, 1.165) is 58.7 Å². The Morgan fingerprint density at radius 2 is 1.59 bits per heavy atom. The maximum Gasteiger partial charge on any atom is 0.317 e. The van der Waals surface area contributed by atoms with Crippen molar-refractivity contribution in [1.29, 1.82) is 0 Å². The molecule has 1 N–H and O–H groups in total. The molecule has 0 spiro atoms. The Labute approximate surface area is 175 Å². The molecular formula is C24H34N4O. The number of anilines is 2. The van der Waals surface area contributed by atoms with Gasteiger partial charge in [-0.2, -0.15) is 0 Å². The maximum atomic E-state index is 12.4. The second kappa shape index (κ2) is 10.7. The van der Waals surface area contributed by atoms with Crippen LogP contribution in [0.4, 0.5) is 16.2 Å². The smallest absolute Gasteiger partial charge is 0.317 e. The number of carbonyl (C=O) groups excluding carboxylic acids is 1. The molecule has 1 aliphatic heterocycles. The van der Waals surface area contributed by atoms with Crippen LogP contribution in [0.1, 0.15) is 25.8 Å². The van der Waals surface area contributed by atoms with Gasteiger partial charge in [-0.1, -0.05) is 30.3 Å². The van der Waals surface area contributed by atoms with Crippen LogP contribution in [-0.4, -0.2) is 56.7 Å². The fourth-order valence-electron chi connectivity index (χ4n) is 3.88. The molecule has 156 valence electrons. The predicted molar refractivity (Wildman–Crippen MR) is 122 cm³/mol. The number of hydrogen-bond acceptors (Lipinski definition) is 3. The largest absolute Gasteiger partial charge is 0.372 e. The summed E-state index contributed by atoms with van der Waals surface area (Å²) >= 11 is 0. The van der Waals surface area contributed by atoms with E-state index in [0.29, 0.717) is 0 Å². The summed E-state index contributed by atoms with van der Waals surface area (Å²) in [6.07, 6.45) is 1.97. The molecule has 1 fully saturated rings. The van der Waals surface area contributed by atoms with E-state index in [1.54, 1.807) is 0 Å². The van der Waals surface area contributed by atoms with Crippen molar-refractivity contribution in [2.45, 2.75) is 26.7 Å². The molecule has 29 heavy (non-hydrogen) atoms. The average molecular weight is 395 g/mol. The monoisotopic (exact) mass is 394 g/mol. The van der Waals surface area contributed by atoms with Crippen LogP contribution in [0.2, 0.25) is 0 Å². The summed E-state index contributed by atoms with van der Waals surface area (Å²) < 4.78 is 0. The SMILES string of the molecule is CCN(CC)c1ccc(N2CCN(C(=O)NCCCc3ccccc3)CC2)cc1. The van der Waals surface area contributed by atoms with Gasteiger partial charge in [-0.05, 0) is 56.5 Å². The zero-order chi connectivity index (χ0) is 20.5. The summed E-state index contributed by atoms with van der Waals surface area (Å²) in [5.41, 5.74) is 3.83. The van der Waals surface area contributed by atoms with Gasteiger partial charge in [0.15, 0.2) is 0 Å². The highest BCUT2D eigenvalue weighted by atomic mass is 16.2. The van der Waals surface area contributed by atoms with Crippen molar-refractivity contribution in [2.24, 2.45) is 0 Å². The molecule has 2 aromatic carbocycles. The lowest BCUT2D eigenvalue weighted by atomic mass is 10.1. The lowest BCUT2D eigenvalue weighted by Crippen LogP contribution is -2.52. The van der Waals surface area contributed by atoms with E-state index in [9.17, 15) is 4.79 Å². The lowest BCUT2D eigenvalue weighted by molar-refractivity contribution is 0.194. The number of urea groups is 1. The molecule has 2 amide bonds.